The predicted molar refractivity (Wildman–Crippen MR) is 137 cm³/mol. The Kier molecular flexibility index (Phi) is 5.82. The SMILES string of the molecule is O=C(NCCNc1ncccn1)[C@@H]1Cc2cc([N+](=O)[O-])ccc2N2CC3CC(Cn4c3cccc4=O)[C@@H]12. The zero-order chi connectivity index (χ0) is 25.5. The molecule has 3 aliphatic heterocycles. The van der Waals surface area contributed by atoms with Gasteiger partial charge < -0.3 is 20.1 Å². The lowest BCUT2D eigenvalue weighted by Gasteiger charge is -2.54. The lowest BCUT2D eigenvalue weighted by atomic mass is 9.70. The van der Waals surface area contributed by atoms with E-state index in [4.69, 9.17) is 0 Å². The number of nitrogens with one attached hydrogen (secondary N) is 2. The molecule has 1 amide bonds. The molecule has 1 fully saturated rings. The van der Waals surface area contributed by atoms with Crippen molar-refractivity contribution in [2.24, 2.45) is 11.8 Å². The topological polar surface area (TPSA) is 135 Å². The largest absolute Gasteiger partial charge is 0.366 e. The molecule has 2 bridgehead atoms. The van der Waals surface area contributed by atoms with E-state index in [1.54, 1.807) is 36.7 Å². The highest BCUT2D eigenvalue weighted by Gasteiger charge is 2.49. The Labute approximate surface area is 212 Å². The van der Waals surface area contributed by atoms with E-state index < -0.39 is 10.8 Å². The van der Waals surface area contributed by atoms with E-state index in [2.05, 4.69) is 25.5 Å². The molecule has 190 valence electrons. The zero-order valence-corrected chi connectivity index (χ0v) is 20.1. The van der Waals surface area contributed by atoms with Crippen LogP contribution < -0.4 is 21.1 Å². The first kappa shape index (κ1) is 23.1. The minimum atomic E-state index is -0.396. The van der Waals surface area contributed by atoms with Crippen molar-refractivity contribution in [3.05, 3.63) is 86.6 Å². The van der Waals surface area contributed by atoms with Crippen LogP contribution in [0.2, 0.25) is 0 Å². The number of nitrogens with zero attached hydrogens (tertiary/aromatic N) is 5. The summed E-state index contributed by atoms with van der Waals surface area (Å²) in [6.45, 7) is 2.07. The summed E-state index contributed by atoms with van der Waals surface area (Å²) in [7, 11) is 0. The molecule has 0 saturated carbocycles. The Morgan fingerprint density at radius 3 is 2.76 bits per heavy atom. The quantitative estimate of drug-likeness (QED) is 0.297. The van der Waals surface area contributed by atoms with Gasteiger partial charge in [0.05, 0.1) is 10.8 Å². The van der Waals surface area contributed by atoms with Crippen molar-refractivity contribution in [3.63, 3.8) is 0 Å². The lowest BCUT2D eigenvalue weighted by molar-refractivity contribution is -0.384. The Bertz CT molecular complexity index is 1410. The van der Waals surface area contributed by atoms with Gasteiger partial charge in [0.1, 0.15) is 0 Å². The molecule has 5 heterocycles. The van der Waals surface area contributed by atoms with Crippen molar-refractivity contribution in [3.8, 4) is 0 Å². The summed E-state index contributed by atoms with van der Waals surface area (Å²) in [5.41, 5.74) is 2.79. The number of benzene rings is 1. The van der Waals surface area contributed by atoms with Gasteiger partial charge >= 0.3 is 0 Å². The summed E-state index contributed by atoms with van der Waals surface area (Å²) >= 11 is 0. The van der Waals surface area contributed by atoms with Gasteiger partial charge in [0.2, 0.25) is 11.9 Å². The normalized spacial score (nSPS) is 23.3. The van der Waals surface area contributed by atoms with Gasteiger partial charge in [0.15, 0.2) is 0 Å². The molecular formula is C26H27N7O4. The van der Waals surface area contributed by atoms with Crippen molar-refractivity contribution in [2.75, 3.05) is 29.9 Å². The van der Waals surface area contributed by atoms with Crippen LogP contribution in [0.3, 0.4) is 0 Å². The van der Waals surface area contributed by atoms with E-state index in [0.29, 0.717) is 38.5 Å². The highest BCUT2D eigenvalue weighted by molar-refractivity contribution is 5.82. The fourth-order valence-electron chi connectivity index (χ4n) is 6.33. The van der Waals surface area contributed by atoms with E-state index >= 15 is 0 Å². The maximum absolute atomic E-state index is 13.6. The fourth-order valence-corrected chi connectivity index (χ4v) is 6.33. The molecule has 2 aromatic heterocycles. The van der Waals surface area contributed by atoms with Gasteiger partial charge in [0.25, 0.3) is 11.2 Å². The molecule has 4 atom stereocenters. The van der Waals surface area contributed by atoms with Crippen molar-refractivity contribution < 1.29 is 9.72 Å². The highest BCUT2D eigenvalue weighted by Crippen LogP contribution is 2.47. The van der Waals surface area contributed by atoms with Crippen molar-refractivity contribution >= 4 is 23.2 Å². The van der Waals surface area contributed by atoms with Crippen molar-refractivity contribution in [1.29, 1.82) is 0 Å². The number of pyridine rings is 1. The van der Waals surface area contributed by atoms with Gasteiger partial charge in [0, 0.05) is 80.1 Å². The molecule has 0 spiro atoms. The number of fused-ring (bicyclic) bond motifs is 8. The van der Waals surface area contributed by atoms with Gasteiger partial charge in [-0.1, -0.05) is 6.07 Å². The molecule has 1 aromatic carbocycles. The lowest BCUT2D eigenvalue weighted by Crippen LogP contribution is -2.61. The molecule has 0 aliphatic carbocycles. The second-order valence-electron chi connectivity index (χ2n) is 9.91. The number of anilines is 2. The van der Waals surface area contributed by atoms with Crippen LogP contribution in [-0.4, -0.2) is 51.0 Å². The summed E-state index contributed by atoms with van der Waals surface area (Å²) in [6.07, 6.45) is 4.61. The zero-order valence-electron chi connectivity index (χ0n) is 20.1. The molecule has 0 radical (unpaired) electrons. The number of hydrogen-bond donors (Lipinski definition) is 2. The molecular weight excluding hydrogens is 474 g/mol. The molecule has 3 aliphatic rings. The first-order valence-electron chi connectivity index (χ1n) is 12.5. The van der Waals surface area contributed by atoms with E-state index in [9.17, 15) is 19.7 Å². The molecule has 1 saturated heterocycles. The third kappa shape index (κ3) is 4.20. The Morgan fingerprint density at radius 1 is 1.11 bits per heavy atom. The first-order valence-corrected chi connectivity index (χ1v) is 12.5. The Morgan fingerprint density at radius 2 is 1.95 bits per heavy atom. The fraction of sp³-hybridized carbons (Fsp3) is 0.385. The molecule has 11 nitrogen and oxygen atoms in total. The maximum atomic E-state index is 13.6. The van der Waals surface area contributed by atoms with Crippen LogP contribution in [0.4, 0.5) is 17.3 Å². The van der Waals surface area contributed by atoms with E-state index in [1.807, 2.05) is 16.7 Å². The van der Waals surface area contributed by atoms with Crippen LogP contribution in [0.15, 0.2) is 59.7 Å². The number of nitro groups is 1. The van der Waals surface area contributed by atoms with Crippen LogP contribution in [-0.2, 0) is 17.8 Å². The second-order valence-corrected chi connectivity index (χ2v) is 9.91. The number of nitro benzene ring substituents is 1. The van der Waals surface area contributed by atoms with Gasteiger partial charge in [-0.15, -0.1) is 0 Å². The average molecular weight is 502 g/mol. The first-order chi connectivity index (χ1) is 18.0. The number of non-ortho nitro benzene ring substituents is 1. The number of hydrogen-bond acceptors (Lipinski definition) is 8. The Balaban J connectivity index is 1.28. The minimum Gasteiger partial charge on any atom is -0.366 e. The van der Waals surface area contributed by atoms with Crippen LogP contribution in [0.5, 0.6) is 0 Å². The number of carbonyl (C=O) groups is 1. The maximum Gasteiger partial charge on any atom is 0.269 e. The van der Waals surface area contributed by atoms with E-state index in [1.165, 1.54) is 6.07 Å². The average Bonchev–Trinajstić information content (AvgIpc) is 2.91. The van der Waals surface area contributed by atoms with Crippen LogP contribution >= 0.6 is 0 Å². The molecule has 3 aromatic rings. The predicted octanol–water partition coefficient (Wildman–Crippen LogP) is 1.94. The summed E-state index contributed by atoms with van der Waals surface area (Å²) in [5, 5.41) is 17.6. The second kappa shape index (κ2) is 9.30. The third-order valence-corrected chi connectivity index (χ3v) is 7.81. The number of aromatic nitrogens is 3. The van der Waals surface area contributed by atoms with E-state index in [-0.39, 0.29) is 35.0 Å². The standard InChI is InChI=1S/C26H27N7O4/c34-23-4-1-3-21-17-11-18(15-31(21)23)24-20(25(35)27-9-10-30-26-28-7-2-8-29-26)13-16-12-19(33(36)37)5-6-22(16)32(24)14-17/h1-8,12,17-18,20,24H,9-11,13-15H2,(H,27,35)(H,28,29,30)/t17?,18?,20-,24+/m1/s1. The smallest absolute Gasteiger partial charge is 0.269 e. The molecule has 37 heavy (non-hydrogen) atoms. The summed E-state index contributed by atoms with van der Waals surface area (Å²) in [6, 6.07) is 12.0. The molecule has 6 rings (SSSR count). The molecule has 11 heteroatoms. The number of amides is 1. The third-order valence-electron chi connectivity index (χ3n) is 7.81. The summed E-state index contributed by atoms with van der Waals surface area (Å²) < 4.78 is 1.86. The number of carbonyl (C=O) groups excluding carboxylic acids is 1. The monoisotopic (exact) mass is 501 g/mol. The molecule has 2 N–H and O–H groups in total. The van der Waals surface area contributed by atoms with E-state index in [0.717, 1.165) is 23.4 Å². The van der Waals surface area contributed by atoms with Crippen LogP contribution in [0.25, 0.3) is 0 Å². The van der Waals surface area contributed by atoms with Gasteiger partial charge in [-0.2, -0.15) is 0 Å². The van der Waals surface area contributed by atoms with Gasteiger partial charge in [-0.3, -0.25) is 19.7 Å². The number of piperidine rings is 1. The Hall–Kier alpha value is -4.28. The summed E-state index contributed by atoms with van der Waals surface area (Å²) in [5.74, 6) is 0.276. The van der Waals surface area contributed by atoms with Crippen LogP contribution in [0.1, 0.15) is 23.6 Å². The highest BCUT2D eigenvalue weighted by atomic mass is 16.6. The van der Waals surface area contributed by atoms with Crippen molar-refractivity contribution in [2.45, 2.75) is 31.3 Å². The summed E-state index contributed by atoms with van der Waals surface area (Å²) in [4.78, 5) is 47.8. The van der Waals surface area contributed by atoms with Gasteiger partial charge in [-0.05, 0) is 42.5 Å². The van der Waals surface area contributed by atoms with Gasteiger partial charge in [-0.25, -0.2) is 9.97 Å². The minimum absolute atomic E-state index is 0.0114. The number of rotatable bonds is 6. The molecule has 2 unspecified atom stereocenters. The van der Waals surface area contributed by atoms with Crippen LogP contribution in [0, 0.1) is 22.0 Å². The van der Waals surface area contributed by atoms with Crippen molar-refractivity contribution in [1.82, 2.24) is 19.9 Å².